The van der Waals surface area contributed by atoms with E-state index in [0.29, 0.717) is 0 Å². The number of rotatable bonds is 3. The maximum Gasteiger partial charge on any atom is 0.0495 e. The van der Waals surface area contributed by atoms with Crippen molar-refractivity contribution in [1.29, 1.82) is 0 Å². The fraction of sp³-hybridized carbons (Fsp3) is 0.314. The van der Waals surface area contributed by atoms with Crippen LogP contribution >= 0.6 is 0 Å². The Morgan fingerprint density at radius 1 is 0.556 bits per heavy atom. The van der Waals surface area contributed by atoms with Gasteiger partial charge in [0.05, 0.1) is 0 Å². The van der Waals surface area contributed by atoms with E-state index in [1.807, 2.05) is 0 Å². The molecule has 1 nitrogen and oxygen atoms in total. The van der Waals surface area contributed by atoms with Gasteiger partial charge in [0.2, 0.25) is 0 Å². The Hall–Kier alpha value is -3.32. The molecule has 0 saturated heterocycles. The predicted octanol–water partition coefficient (Wildman–Crippen LogP) is 9.89. The van der Waals surface area contributed by atoms with Crippen molar-refractivity contribution in [3.63, 3.8) is 0 Å². The Kier molecular flexibility index (Phi) is 5.67. The number of anilines is 2. The van der Waals surface area contributed by atoms with E-state index in [1.165, 1.54) is 50.3 Å². The van der Waals surface area contributed by atoms with Gasteiger partial charge in [0.15, 0.2) is 0 Å². The smallest absolute Gasteiger partial charge is 0.0495 e. The van der Waals surface area contributed by atoms with Crippen molar-refractivity contribution in [3.05, 3.63) is 108 Å². The van der Waals surface area contributed by atoms with Gasteiger partial charge in [-0.1, -0.05) is 113 Å². The maximum atomic E-state index is 2.58. The summed E-state index contributed by atoms with van der Waals surface area (Å²) in [4.78, 5) is 2.58. The largest absolute Gasteiger partial charge is 0.335 e. The highest BCUT2D eigenvalue weighted by atomic mass is 15.2. The monoisotopic (exact) mass is 473 g/mol. The number of hydrogen-bond acceptors (Lipinski definition) is 1. The minimum absolute atomic E-state index is 0.0365. The molecule has 0 bridgehead atoms. The van der Waals surface area contributed by atoms with Crippen molar-refractivity contribution in [2.75, 3.05) is 4.90 Å². The Labute approximate surface area is 217 Å². The third-order valence-corrected chi connectivity index (χ3v) is 7.59. The first-order valence-electron chi connectivity index (χ1n) is 13.1. The van der Waals surface area contributed by atoms with Crippen molar-refractivity contribution in [3.8, 4) is 22.3 Å². The third-order valence-electron chi connectivity index (χ3n) is 7.59. The van der Waals surface area contributed by atoms with Crippen LogP contribution in [0.3, 0.4) is 0 Å². The summed E-state index contributed by atoms with van der Waals surface area (Å²) >= 11 is 0. The van der Waals surface area contributed by atoms with Crippen LogP contribution in [0.25, 0.3) is 22.3 Å². The van der Waals surface area contributed by atoms with Crippen LogP contribution in [0, 0.1) is 0 Å². The van der Waals surface area contributed by atoms with Gasteiger partial charge in [-0.05, 0) is 71.7 Å². The van der Waals surface area contributed by atoms with Crippen molar-refractivity contribution in [1.82, 2.24) is 0 Å². The van der Waals surface area contributed by atoms with E-state index in [4.69, 9.17) is 0 Å². The van der Waals surface area contributed by atoms with Gasteiger partial charge in [0, 0.05) is 27.9 Å². The quantitative estimate of drug-likeness (QED) is 0.286. The van der Waals surface area contributed by atoms with Crippen LogP contribution < -0.4 is 4.90 Å². The molecule has 0 amide bonds. The van der Waals surface area contributed by atoms with Gasteiger partial charge in [-0.25, -0.2) is 0 Å². The standard InChI is InChI=1S/C35H39N/c1-33(2,3)32-30(23-22-27-26-19-12-14-20-28(26)35(7,8)31(27)32)36(34(4,5)6)29-21-15-13-18-25(29)24-16-10-9-11-17-24/h9-23H,1-8H3. The fourth-order valence-electron chi connectivity index (χ4n) is 6.19. The lowest BCUT2D eigenvalue weighted by molar-refractivity contribution is 0.531. The van der Waals surface area contributed by atoms with Crippen LogP contribution in [0.2, 0.25) is 0 Å². The van der Waals surface area contributed by atoms with E-state index in [2.05, 4.69) is 151 Å². The molecular weight excluding hydrogens is 434 g/mol. The summed E-state index contributed by atoms with van der Waals surface area (Å²) in [5.41, 5.74) is 11.9. The lowest BCUT2D eigenvalue weighted by Crippen LogP contribution is -2.40. The van der Waals surface area contributed by atoms with Crippen LogP contribution in [0.5, 0.6) is 0 Å². The zero-order chi connectivity index (χ0) is 25.9. The zero-order valence-electron chi connectivity index (χ0n) is 23.1. The van der Waals surface area contributed by atoms with Gasteiger partial charge in [-0.2, -0.15) is 0 Å². The molecule has 5 rings (SSSR count). The molecule has 36 heavy (non-hydrogen) atoms. The lowest BCUT2D eigenvalue weighted by atomic mass is 9.72. The molecule has 0 radical (unpaired) electrons. The molecule has 4 aromatic carbocycles. The molecule has 0 spiro atoms. The summed E-state index contributed by atoms with van der Waals surface area (Å²) in [6.45, 7) is 18.9. The van der Waals surface area contributed by atoms with Crippen LogP contribution in [0.4, 0.5) is 11.4 Å². The van der Waals surface area contributed by atoms with Crippen molar-refractivity contribution in [2.24, 2.45) is 0 Å². The van der Waals surface area contributed by atoms with E-state index >= 15 is 0 Å². The van der Waals surface area contributed by atoms with Gasteiger partial charge in [0.1, 0.15) is 0 Å². The van der Waals surface area contributed by atoms with Gasteiger partial charge in [0.25, 0.3) is 0 Å². The highest BCUT2D eigenvalue weighted by molar-refractivity contribution is 5.89. The first-order valence-corrected chi connectivity index (χ1v) is 13.1. The fourth-order valence-corrected chi connectivity index (χ4v) is 6.19. The lowest BCUT2D eigenvalue weighted by Gasteiger charge is -2.43. The second kappa shape index (κ2) is 8.37. The highest BCUT2D eigenvalue weighted by Crippen LogP contribution is 2.55. The van der Waals surface area contributed by atoms with Crippen LogP contribution in [-0.2, 0) is 10.8 Å². The summed E-state index contributed by atoms with van der Waals surface area (Å²) in [6, 6.07) is 33.4. The molecule has 0 N–H and O–H groups in total. The summed E-state index contributed by atoms with van der Waals surface area (Å²) in [5, 5.41) is 0. The number of para-hydroxylation sites is 1. The molecule has 4 aromatic rings. The molecule has 1 heteroatoms. The van der Waals surface area contributed by atoms with Crippen LogP contribution in [-0.4, -0.2) is 5.54 Å². The molecule has 1 aliphatic rings. The van der Waals surface area contributed by atoms with Gasteiger partial charge in [-0.3, -0.25) is 0 Å². The average molecular weight is 474 g/mol. The van der Waals surface area contributed by atoms with Crippen molar-refractivity contribution < 1.29 is 0 Å². The summed E-state index contributed by atoms with van der Waals surface area (Å²) in [7, 11) is 0. The maximum absolute atomic E-state index is 2.58. The number of nitrogens with zero attached hydrogens (tertiary/aromatic N) is 1. The van der Waals surface area contributed by atoms with Gasteiger partial charge >= 0.3 is 0 Å². The van der Waals surface area contributed by atoms with Crippen molar-refractivity contribution in [2.45, 2.75) is 71.8 Å². The average Bonchev–Trinajstić information content (AvgIpc) is 3.05. The number of fused-ring (bicyclic) bond motifs is 3. The molecular formula is C35H39N. The van der Waals surface area contributed by atoms with E-state index in [1.54, 1.807) is 0 Å². The van der Waals surface area contributed by atoms with Gasteiger partial charge < -0.3 is 4.90 Å². The topological polar surface area (TPSA) is 3.24 Å². The zero-order valence-corrected chi connectivity index (χ0v) is 23.1. The summed E-state index contributed by atoms with van der Waals surface area (Å²) in [6.07, 6.45) is 0. The van der Waals surface area contributed by atoms with Crippen LogP contribution in [0.1, 0.15) is 72.1 Å². The van der Waals surface area contributed by atoms with Gasteiger partial charge in [-0.15, -0.1) is 0 Å². The molecule has 1 aliphatic carbocycles. The molecule has 0 aromatic heterocycles. The second-order valence-electron chi connectivity index (χ2n) is 12.7. The Morgan fingerprint density at radius 2 is 1.14 bits per heavy atom. The summed E-state index contributed by atoms with van der Waals surface area (Å²) < 4.78 is 0. The number of hydrogen-bond donors (Lipinski definition) is 0. The molecule has 0 atom stereocenters. The third kappa shape index (κ3) is 3.86. The van der Waals surface area contributed by atoms with E-state index in [-0.39, 0.29) is 16.4 Å². The van der Waals surface area contributed by atoms with E-state index < -0.39 is 0 Å². The molecule has 184 valence electrons. The number of benzene rings is 4. The van der Waals surface area contributed by atoms with E-state index in [9.17, 15) is 0 Å². The Bertz CT molecular complexity index is 1410. The summed E-state index contributed by atoms with van der Waals surface area (Å²) in [5.74, 6) is 0. The van der Waals surface area contributed by atoms with Crippen LogP contribution in [0.15, 0.2) is 91.0 Å². The predicted molar refractivity (Wildman–Crippen MR) is 156 cm³/mol. The molecule has 0 saturated carbocycles. The first kappa shape index (κ1) is 24.4. The second-order valence-corrected chi connectivity index (χ2v) is 12.7. The minimum Gasteiger partial charge on any atom is -0.335 e. The normalized spacial score (nSPS) is 14.3. The Morgan fingerprint density at radius 3 is 1.78 bits per heavy atom. The molecule has 0 unspecified atom stereocenters. The molecule has 0 heterocycles. The molecule has 0 fully saturated rings. The van der Waals surface area contributed by atoms with E-state index in [0.717, 1.165) is 0 Å². The first-order chi connectivity index (χ1) is 16.9. The van der Waals surface area contributed by atoms with Crippen molar-refractivity contribution >= 4 is 11.4 Å². The SMILES string of the molecule is CC(C)(C)c1c(N(c2ccccc2-c2ccccc2)C(C)(C)C)ccc2c1C(C)(C)c1ccccc1-2. The highest BCUT2D eigenvalue weighted by Gasteiger charge is 2.42. The Balaban J connectivity index is 1.84. The molecule has 0 aliphatic heterocycles. The minimum atomic E-state index is -0.130.